The Bertz CT molecular complexity index is 884. The van der Waals surface area contributed by atoms with E-state index in [2.05, 4.69) is 35.0 Å². The Hall–Kier alpha value is -2.59. The highest BCUT2D eigenvalue weighted by Gasteiger charge is 2.30. The summed E-state index contributed by atoms with van der Waals surface area (Å²) >= 11 is 1.72. The molecule has 126 valence electrons. The maximum Gasteiger partial charge on any atom is 0.225 e. The smallest absolute Gasteiger partial charge is 0.225 e. The van der Waals surface area contributed by atoms with Crippen LogP contribution in [0.2, 0.25) is 0 Å². The Morgan fingerprint density at radius 3 is 2.60 bits per heavy atom. The molecule has 1 N–H and O–H groups in total. The Morgan fingerprint density at radius 1 is 1.12 bits per heavy atom. The molecule has 0 fully saturated rings. The van der Waals surface area contributed by atoms with E-state index in [1.165, 1.54) is 4.88 Å². The van der Waals surface area contributed by atoms with Crippen LogP contribution in [0.5, 0.6) is 5.75 Å². The number of rotatable bonds is 4. The van der Waals surface area contributed by atoms with Crippen LogP contribution in [0.4, 0.5) is 5.69 Å². The van der Waals surface area contributed by atoms with Gasteiger partial charge in [0.1, 0.15) is 5.75 Å². The number of benzene rings is 2. The lowest BCUT2D eigenvalue weighted by atomic mass is 9.89. The van der Waals surface area contributed by atoms with Gasteiger partial charge in [0.15, 0.2) is 0 Å². The molecule has 1 aliphatic heterocycles. The van der Waals surface area contributed by atoms with Gasteiger partial charge in [-0.05, 0) is 30.2 Å². The van der Waals surface area contributed by atoms with Gasteiger partial charge < -0.3 is 10.1 Å². The summed E-state index contributed by atoms with van der Waals surface area (Å²) in [5.41, 5.74) is 4.35. The summed E-state index contributed by atoms with van der Waals surface area (Å²) in [6.07, 6.45) is 0.482. The highest BCUT2D eigenvalue weighted by molar-refractivity contribution is 7.11. The zero-order valence-electron chi connectivity index (χ0n) is 14.0. The summed E-state index contributed by atoms with van der Waals surface area (Å²) in [5, 5.41) is 5.23. The highest BCUT2D eigenvalue weighted by Crippen LogP contribution is 2.46. The summed E-state index contributed by atoms with van der Waals surface area (Å²) in [6.45, 7) is 2.63. The Labute approximate surface area is 151 Å². The zero-order chi connectivity index (χ0) is 17.2. The van der Waals surface area contributed by atoms with E-state index in [-0.39, 0.29) is 11.8 Å². The van der Waals surface area contributed by atoms with E-state index in [4.69, 9.17) is 4.74 Å². The van der Waals surface area contributed by atoms with Crippen molar-refractivity contribution in [2.45, 2.75) is 19.3 Å². The normalized spacial score (nSPS) is 16.2. The fraction of sp³-hybridized carbons (Fsp3) is 0.190. The summed E-state index contributed by atoms with van der Waals surface area (Å²) in [6, 6.07) is 18.3. The van der Waals surface area contributed by atoms with Crippen LogP contribution in [0, 0.1) is 0 Å². The van der Waals surface area contributed by atoms with E-state index in [0.29, 0.717) is 13.0 Å². The third-order valence-corrected chi connectivity index (χ3v) is 5.56. The van der Waals surface area contributed by atoms with Crippen LogP contribution in [-0.4, -0.2) is 12.5 Å². The maximum atomic E-state index is 12.3. The third-order valence-electron chi connectivity index (χ3n) is 4.47. The maximum absolute atomic E-state index is 12.3. The molecule has 25 heavy (non-hydrogen) atoms. The van der Waals surface area contributed by atoms with Gasteiger partial charge in [0.2, 0.25) is 5.91 Å². The van der Waals surface area contributed by atoms with Crippen LogP contribution in [0.1, 0.15) is 29.7 Å². The first kappa shape index (κ1) is 15.9. The molecule has 1 aliphatic rings. The quantitative estimate of drug-likeness (QED) is 0.695. The molecule has 4 rings (SSSR count). The molecule has 4 heteroatoms. The number of nitrogens with one attached hydrogen (secondary N) is 1. The molecule has 2 aromatic carbocycles. The van der Waals surface area contributed by atoms with E-state index in [9.17, 15) is 4.79 Å². The molecule has 1 atom stereocenters. The standard InChI is InChI=1S/C21H19NO2S/c1-2-24-16-10-8-15(9-11-16)17-12-19(23)22-20-18(13-25-21(17)20)14-6-4-3-5-7-14/h3-11,13,17H,2,12H2,1H3,(H,22,23)/t17-/m1/s1. The molecule has 2 heterocycles. The van der Waals surface area contributed by atoms with Crippen molar-refractivity contribution >= 4 is 22.9 Å². The first-order chi connectivity index (χ1) is 12.3. The van der Waals surface area contributed by atoms with Gasteiger partial charge in [0, 0.05) is 28.2 Å². The first-order valence-corrected chi connectivity index (χ1v) is 9.33. The molecule has 0 unspecified atom stereocenters. The number of hydrogen-bond donors (Lipinski definition) is 1. The average Bonchev–Trinajstić information content (AvgIpc) is 3.06. The van der Waals surface area contributed by atoms with Gasteiger partial charge in [-0.15, -0.1) is 11.3 Å². The second kappa shape index (κ2) is 6.73. The predicted molar refractivity (Wildman–Crippen MR) is 102 cm³/mol. The summed E-state index contributed by atoms with van der Waals surface area (Å²) in [4.78, 5) is 13.6. The minimum atomic E-state index is 0.0713. The van der Waals surface area contributed by atoms with Gasteiger partial charge in [-0.3, -0.25) is 4.79 Å². The van der Waals surface area contributed by atoms with Gasteiger partial charge in [-0.2, -0.15) is 0 Å². The minimum absolute atomic E-state index is 0.0713. The van der Waals surface area contributed by atoms with Crippen LogP contribution < -0.4 is 10.1 Å². The van der Waals surface area contributed by atoms with Crippen molar-refractivity contribution in [2.75, 3.05) is 11.9 Å². The van der Waals surface area contributed by atoms with E-state index in [1.54, 1.807) is 11.3 Å². The number of carbonyl (C=O) groups is 1. The van der Waals surface area contributed by atoms with Gasteiger partial charge in [-0.25, -0.2) is 0 Å². The van der Waals surface area contributed by atoms with Gasteiger partial charge in [-0.1, -0.05) is 42.5 Å². The minimum Gasteiger partial charge on any atom is -0.494 e. The molecule has 0 saturated carbocycles. The van der Waals surface area contributed by atoms with E-state index >= 15 is 0 Å². The fourth-order valence-corrected chi connectivity index (χ4v) is 4.45. The largest absolute Gasteiger partial charge is 0.494 e. The predicted octanol–water partition coefficient (Wildman–Crippen LogP) is 5.29. The van der Waals surface area contributed by atoms with Crippen molar-refractivity contribution in [3.8, 4) is 16.9 Å². The van der Waals surface area contributed by atoms with Crippen molar-refractivity contribution in [3.63, 3.8) is 0 Å². The SMILES string of the molecule is CCOc1ccc([C@H]2CC(=O)Nc3c(-c4ccccc4)csc32)cc1. The van der Waals surface area contributed by atoms with Gasteiger partial charge in [0.25, 0.3) is 0 Å². The summed E-state index contributed by atoms with van der Waals surface area (Å²) in [7, 11) is 0. The summed E-state index contributed by atoms with van der Waals surface area (Å²) < 4.78 is 5.52. The topological polar surface area (TPSA) is 38.3 Å². The molecule has 3 aromatic rings. The zero-order valence-corrected chi connectivity index (χ0v) is 14.8. The molecule has 0 spiro atoms. The Morgan fingerprint density at radius 2 is 1.88 bits per heavy atom. The molecule has 0 saturated heterocycles. The highest BCUT2D eigenvalue weighted by atomic mass is 32.1. The number of fused-ring (bicyclic) bond motifs is 1. The number of thiophene rings is 1. The van der Waals surface area contributed by atoms with Crippen LogP contribution >= 0.6 is 11.3 Å². The number of carbonyl (C=O) groups excluding carboxylic acids is 1. The molecular formula is C21H19NO2S. The van der Waals surface area contributed by atoms with Crippen molar-refractivity contribution in [2.24, 2.45) is 0 Å². The third kappa shape index (κ3) is 3.05. The van der Waals surface area contributed by atoms with E-state index in [0.717, 1.165) is 28.1 Å². The second-order valence-electron chi connectivity index (χ2n) is 6.06. The average molecular weight is 349 g/mol. The van der Waals surface area contributed by atoms with Gasteiger partial charge >= 0.3 is 0 Å². The van der Waals surface area contributed by atoms with Gasteiger partial charge in [0.05, 0.1) is 12.3 Å². The van der Waals surface area contributed by atoms with Crippen molar-refractivity contribution in [1.82, 2.24) is 0 Å². The number of anilines is 1. The lowest BCUT2D eigenvalue weighted by molar-refractivity contribution is -0.116. The van der Waals surface area contributed by atoms with Crippen LogP contribution in [0.25, 0.3) is 11.1 Å². The van der Waals surface area contributed by atoms with Crippen LogP contribution in [0.3, 0.4) is 0 Å². The van der Waals surface area contributed by atoms with Crippen LogP contribution in [0.15, 0.2) is 60.0 Å². The Balaban J connectivity index is 1.73. The lowest BCUT2D eigenvalue weighted by Crippen LogP contribution is -2.22. The molecule has 0 aliphatic carbocycles. The first-order valence-electron chi connectivity index (χ1n) is 8.45. The lowest BCUT2D eigenvalue weighted by Gasteiger charge is -2.24. The van der Waals surface area contributed by atoms with E-state index < -0.39 is 0 Å². The number of ether oxygens (including phenoxy) is 1. The monoisotopic (exact) mass is 349 g/mol. The van der Waals surface area contributed by atoms with Crippen molar-refractivity contribution < 1.29 is 9.53 Å². The van der Waals surface area contributed by atoms with Crippen molar-refractivity contribution in [1.29, 1.82) is 0 Å². The fourth-order valence-electron chi connectivity index (χ4n) is 3.29. The summed E-state index contributed by atoms with van der Waals surface area (Å²) in [5.74, 6) is 1.03. The Kier molecular flexibility index (Phi) is 4.28. The molecule has 0 radical (unpaired) electrons. The molecular weight excluding hydrogens is 330 g/mol. The molecule has 0 bridgehead atoms. The number of hydrogen-bond acceptors (Lipinski definition) is 3. The van der Waals surface area contributed by atoms with Crippen LogP contribution in [-0.2, 0) is 4.79 Å². The number of amides is 1. The molecule has 3 nitrogen and oxygen atoms in total. The molecule has 1 amide bonds. The molecule has 1 aromatic heterocycles. The van der Waals surface area contributed by atoms with E-state index in [1.807, 2.05) is 37.3 Å². The second-order valence-corrected chi connectivity index (χ2v) is 6.97. The van der Waals surface area contributed by atoms with Crippen molar-refractivity contribution in [3.05, 3.63) is 70.4 Å².